The van der Waals surface area contributed by atoms with Gasteiger partial charge in [-0.2, -0.15) is 0 Å². The Labute approximate surface area is 83.7 Å². The molecule has 13 heavy (non-hydrogen) atoms. The Hall–Kier alpha value is -0.520. The van der Waals surface area contributed by atoms with Crippen LogP contribution in [0.15, 0.2) is 23.3 Å². The molecule has 1 rings (SSSR count). The van der Waals surface area contributed by atoms with Crippen LogP contribution in [0, 0.1) is 5.92 Å². The van der Waals surface area contributed by atoms with Gasteiger partial charge < -0.3 is 0 Å². The van der Waals surface area contributed by atoms with Crippen LogP contribution in [0.25, 0.3) is 0 Å². The predicted octanol–water partition coefficient (Wildman–Crippen LogP) is 4.73. The second-order valence-electron chi connectivity index (χ2n) is 4.32. The monoisotopic (exact) mass is 180 g/mol. The molecule has 0 nitrogen and oxygen atoms in total. The molecule has 76 valence electrons. The third-order valence-corrected chi connectivity index (χ3v) is 1.78. The highest BCUT2D eigenvalue weighted by Gasteiger charge is 2.05. The minimum absolute atomic E-state index is 0.811. The average molecular weight is 180 g/mol. The van der Waals surface area contributed by atoms with Gasteiger partial charge >= 0.3 is 0 Å². The summed E-state index contributed by atoms with van der Waals surface area (Å²) < 4.78 is 0. The standard InChI is InChI=1S/C10H16.C3H8/c1-8(2)6-10-5-4-9(3)7-10;1-3-2/h4-5,8H,6-7H2,1-3H3;3H2,1-2H3. The topological polar surface area (TPSA) is 0 Å². The fourth-order valence-corrected chi connectivity index (χ4v) is 1.40. The molecule has 0 radical (unpaired) electrons. The van der Waals surface area contributed by atoms with Crippen LogP contribution < -0.4 is 0 Å². The van der Waals surface area contributed by atoms with E-state index in [1.807, 2.05) is 0 Å². The van der Waals surface area contributed by atoms with Crippen molar-refractivity contribution >= 4 is 0 Å². The summed E-state index contributed by atoms with van der Waals surface area (Å²) in [5.74, 6) is 0.811. The maximum Gasteiger partial charge on any atom is -0.0105 e. The maximum absolute atomic E-state index is 2.27. The van der Waals surface area contributed by atoms with E-state index in [4.69, 9.17) is 0 Å². The van der Waals surface area contributed by atoms with Crippen molar-refractivity contribution < 1.29 is 0 Å². The van der Waals surface area contributed by atoms with Crippen molar-refractivity contribution in [1.29, 1.82) is 0 Å². The van der Waals surface area contributed by atoms with E-state index in [0.717, 1.165) is 5.92 Å². The Morgan fingerprint density at radius 1 is 1.23 bits per heavy atom. The van der Waals surface area contributed by atoms with Crippen molar-refractivity contribution in [3.63, 3.8) is 0 Å². The molecule has 0 aromatic rings. The molecule has 1 aliphatic carbocycles. The van der Waals surface area contributed by atoms with E-state index in [1.165, 1.54) is 24.8 Å². The Balaban J connectivity index is 0.000000424. The largest absolute Gasteiger partial charge is 0.0693 e. The van der Waals surface area contributed by atoms with Crippen LogP contribution in [0.3, 0.4) is 0 Å². The van der Waals surface area contributed by atoms with Crippen molar-refractivity contribution in [2.45, 2.75) is 53.9 Å². The van der Waals surface area contributed by atoms with Gasteiger partial charge in [-0.05, 0) is 25.7 Å². The number of allylic oxidation sites excluding steroid dienone is 4. The summed E-state index contributed by atoms with van der Waals surface area (Å²) in [5, 5.41) is 0. The van der Waals surface area contributed by atoms with Gasteiger partial charge in [-0.3, -0.25) is 0 Å². The van der Waals surface area contributed by atoms with Crippen molar-refractivity contribution in [3.05, 3.63) is 23.3 Å². The Kier molecular flexibility index (Phi) is 6.66. The third-order valence-electron chi connectivity index (χ3n) is 1.78. The fraction of sp³-hybridized carbons (Fsp3) is 0.692. The number of hydrogen-bond donors (Lipinski definition) is 0. The zero-order valence-electron chi connectivity index (χ0n) is 9.85. The van der Waals surface area contributed by atoms with Crippen LogP contribution in [0.4, 0.5) is 0 Å². The lowest BCUT2D eigenvalue weighted by Crippen LogP contribution is -1.89. The Morgan fingerprint density at radius 3 is 2.08 bits per heavy atom. The molecular formula is C13H24. The molecule has 0 aromatic carbocycles. The number of hydrogen-bond acceptors (Lipinski definition) is 0. The first-order valence-electron chi connectivity index (χ1n) is 5.45. The molecule has 0 heteroatoms. The zero-order valence-corrected chi connectivity index (χ0v) is 9.85. The molecule has 0 saturated carbocycles. The van der Waals surface area contributed by atoms with E-state index < -0.39 is 0 Å². The number of rotatable bonds is 2. The normalized spacial score (nSPS) is 14.9. The highest BCUT2D eigenvalue weighted by Crippen LogP contribution is 2.23. The highest BCUT2D eigenvalue weighted by atomic mass is 14.1. The molecule has 1 aliphatic rings. The van der Waals surface area contributed by atoms with Crippen molar-refractivity contribution in [2.24, 2.45) is 5.92 Å². The Morgan fingerprint density at radius 2 is 1.77 bits per heavy atom. The zero-order chi connectivity index (χ0) is 10.3. The highest BCUT2D eigenvalue weighted by molar-refractivity contribution is 5.29. The van der Waals surface area contributed by atoms with Gasteiger partial charge in [0.25, 0.3) is 0 Å². The second kappa shape index (κ2) is 6.94. The predicted molar refractivity (Wildman–Crippen MR) is 61.9 cm³/mol. The summed E-state index contributed by atoms with van der Waals surface area (Å²) in [6.07, 6.45) is 8.25. The summed E-state index contributed by atoms with van der Waals surface area (Å²) in [5.41, 5.74) is 3.11. The van der Waals surface area contributed by atoms with Crippen LogP contribution in [0.5, 0.6) is 0 Å². The van der Waals surface area contributed by atoms with Gasteiger partial charge in [0.2, 0.25) is 0 Å². The van der Waals surface area contributed by atoms with Crippen molar-refractivity contribution in [2.75, 3.05) is 0 Å². The van der Waals surface area contributed by atoms with Gasteiger partial charge in [-0.25, -0.2) is 0 Å². The molecule has 0 aromatic heterocycles. The van der Waals surface area contributed by atoms with Gasteiger partial charge in [0.05, 0.1) is 0 Å². The smallest absolute Gasteiger partial charge is 0.0105 e. The average Bonchev–Trinajstić information content (AvgIpc) is 2.35. The van der Waals surface area contributed by atoms with E-state index >= 15 is 0 Å². The first kappa shape index (κ1) is 12.5. The summed E-state index contributed by atoms with van der Waals surface area (Å²) in [4.78, 5) is 0. The lowest BCUT2D eigenvalue weighted by atomic mass is 10.0. The molecule has 0 bridgehead atoms. The molecule has 0 N–H and O–H groups in total. The summed E-state index contributed by atoms with van der Waals surface area (Å²) in [6.45, 7) is 11.0. The van der Waals surface area contributed by atoms with Gasteiger partial charge in [0.1, 0.15) is 0 Å². The van der Waals surface area contributed by atoms with E-state index in [-0.39, 0.29) is 0 Å². The minimum atomic E-state index is 0.811. The van der Waals surface area contributed by atoms with Crippen LogP contribution in [-0.2, 0) is 0 Å². The quantitative estimate of drug-likeness (QED) is 0.576. The lowest BCUT2D eigenvalue weighted by molar-refractivity contribution is 0.635. The first-order valence-corrected chi connectivity index (χ1v) is 5.45. The molecule has 0 amide bonds. The van der Waals surface area contributed by atoms with Crippen molar-refractivity contribution in [1.82, 2.24) is 0 Å². The molecule has 0 atom stereocenters. The first-order chi connectivity index (χ1) is 6.10. The van der Waals surface area contributed by atoms with Gasteiger partial charge in [0, 0.05) is 0 Å². The third kappa shape index (κ3) is 6.62. The van der Waals surface area contributed by atoms with Crippen LogP contribution in [0.2, 0.25) is 0 Å². The van der Waals surface area contributed by atoms with E-state index in [9.17, 15) is 0 Å². The van der Waals surface area contributed by atoms with E-state index in [0.29, 0.717) is 0 Å². The van der Waals surface area contributed by atoms with Crippen LogP contribution in [0.1, 0.15) is 53.9 Å². The second-order valence-corrected chi connectivity index (χ2v) is 4.32. The van der Waals surface area contributed by atoms with Gasteiger partial charge in [0.15, 0.2) is 0 Å². The summed E-state index contributed by atoms with van der Waals surface area (Å²) in [6, 6.07) is 0. The Bertz CT molecular complexity index is 182. The minimum Gasteiger partial charge on any atom is -0.0693 e. The molecule has 0 unspecified atom stereocenters. The van der Waals surface area contributed by atoms with Gasteiger partial charge in [-0.15, -0.1) is 0 Å². The van der Waals surface area contributed by atoms with Crippen molar-refractivity contribution in [3.8, 4) is 0 Å². The fourth-order valence-electron chi connectivity index (χ4n) is 1.40. The van der Waals surface area contributed by atoms with Crippen LogP contribution >= 0.6 is 0 Å². The summed E-state index contributed by atoms with van der Waals surface area (Å²) in [7, 11) is 0. The molecule has 0 aliphatic heterocycles. The molecule has 0 heterocycles. The van der Waals surface area contributed by atoms with E-state index in [2.05, 4.69) is 46.8 Å². The molecule has 0 fully saturated rings. The molecular weight excluding hydrogens is 156 g/mol. The lowest BCUT2D eigenvalue weighted by Gasteiger charge is -2.04. The molecule has 0 spiro atoms. The van der Waals surface area contributed by atoms with Crippen LogP contribution in [-0.4, -0.2) is 0 Å². The summed E-state index contributed by atoms with van der Waals surface area (Å²) >= 11 is 0. The maximum atomic E-state index is 2.27. The SMILES string of the molecule is CC1=CC=C(CC(C)C)C1.CCC. The molecule has 0 saturated heterocycles. The van der Waals surface area contributed by atoms with E-state index in [1.54, 1.807) is 5.57 Å². The van der Waals surface area contributed by atoms with Gasteiger partial charge in [-0.1, -0.05) is 57.4 Å².